The highest BCUT2D eigenvalue weighted by molar-refractivity contribution is 5.96. The highest BCUT2D eigenvalue weighted by Gasteiger charge is 2.11. The smallest absolute Gasteiger partial charge is 0.342 e. The third-order valence-corrected chi connectivity index (χ3v) is 3.90. The summed E-state index contributed by atoms with van der Waals surface area (Å²) in [5.41, 5.74) is 1.67. The van der Waals surface area contributed by atoms with Gasteiger partial charge < -0.3 is 14.8 Å². The monoisotopic (exact) mass is 349 g/mol. The first-order chi connectivity index (χ1) is 12.6. The maximum atomic E-state index is 12.1. The van der Waals surface area contributed by atoms with E-state index in [0.717, 1.165) is 16.5 Å². The van der Waals surface area contributed by atoms with Gasteiger partial charge >= 0.3 is 5.97 Å². The Labute approximate surface area is 148 Å². The molecule has 0 atom stereocenters. The van der Waals surface area contributed by atoms with E-state index in [2.05, 4.69) is 5.32 Å². The molecule has 1 amide bonds. The first-order valence-electron chi connectivity index (χ1n) is 7.93. The number of nitrogens with one attached hydrogen (secondary N) is 1. The Morgan fingerprint density at radius 3 is 2.46 bits per heavy atom. The predicted octanol–water partition coefficient (Wildman–Crippen LogP) is 3.06. The average Bonchev–Trinajstić information content (AvgIpc) is 3.09. The van der Waals surface area contributed by atoms with Crippen LogP contribution in [0, 0.1) is 0 Å². The van der Waals surface area contributed by atoms with Crippen LogP contribution in [0.15, 0.2) is 64.6 Å². The third-order valence-electron chi connectivity index (χ3n) is 3.90. The second kappa shape index (κ2) is 7.51. The second-order valence-corrected chi connectivity index (χ2v) is 5.62. The van der Waals surface area contributed by atoms with Crippen LogP contribution in [-0.4, -0.2) is 29.5 Å². The minimum absolute atomic E-state index is 0.0427. The van der Waals surface area contributed by atoms with E-state index >= 15 is 0 Å². The van der Waals surface area contributed by atoms with E-state index in [0.29, 0.717) is 11.3 Å². The lowest BCUT2D eigenvalue weighted by Crippen LogP contribution is -2.25. The summed E-state index contributed by atoms with van der Waals surface area (Å²) in [6.45, 7) is 0.0427. The number of amides is 1. The largest absolute Gasteiger partial charge is 0.477 e. The molecule has 0 fully saturated rings. The number of hydrogen-bond donors (Lipinski definition) is 2. The van der Waals surface area contributed by atoms with Crippen molar-refractivity contribution in [3.63, 3.8) is 0 Å². The number of carboxylic acids is 1. The maximum absolute atomic E-state index is 12.1. The Bertz CT molecular complexity index is 977. The zero-order chi connectivity index (χ0) is 18.5. The summed E-state index contributed by atoms with van der Waals surface area (Å²) in [5, 5.41) is 12.3. The fraction of sp³-hybridized carbons (Fsp3) is 0.100. The molecule has 0 aliphatic carbocycles. The molecule has 0 aliphatic heterocycles. The molecule has 6 heteroatoms. The van der Waals surface area contributed by atoms with Crippen LogP contribution in [0.1, 0.15) is 16.8 Å². The Balaban J connectivity index is 1.66. The summed E-state index contributed by atoms with van der Waals surface area (Å²) in [6.07, 6.45) is -0.0817. The number of rotatable bonds is 6. The molecule has 26 heavy (non-hydrogen) atoms. The van der Waals surface area contributed by atoms with Crippen molar-refractivity contribution < 1.29 is 23.9 Å². The lowest BCUT2D eigenvalue weighted by molar-refractivity contribution is -0.132. The fourth-order valence-corrected chi connectivity index (χ4v) is 2.51. The molecule has 0 saturated heterocycles. The van der Waals surface area contributed by atoms with Crippen LogP contribution in [-0.2, 0) is 9.59 Å². The van der Waals surface area contributed by atoms with Crippen molar-refractivity contribution in [1.82, 2.24) is 5.32 Å². The zero-order valence-corrected chi connectivity index (χ0v) is 13.7. The molecule has 0 aliphatic rings. The molecular weight excluding hydrogens is 334 g/mol. The quantitative estimate of drug-likeness (QED) is 0.527. The standard InChI is InChI=1S/C20H15NO5/c22-12-16(20(24)25)9-10-21-19(23)14-7-5-13(6-8-14)18-11-15-3-1-2-4-17(15)26-18/h1-8,11H,9-10H2,(H,21,23)(H,24,25). The predicted molar refractivity (Wildman–Crippen MR) is 95.4 cm³/mol. The maximum Gasteiger partial charge on any atom is 0.342 e. The molecular formula is C20H15NO5. The lowest BCUT2D eigenvalue weighted by Gasteiger charge is -2.05. The molecule has 6 nitrogen and oxygen atoms in total. The van der Waals surface area contributed by atoms with Gasteiger partial charge in [0.15, 0.2) is 0 Å². The molecule has 2 aromatic carbocycles. The first kappa shape index (κ1) is 17.2. The number of fused-ring (bicyclic) bond motifs is 1. The van der Waals surface area contributed by atoms with Crippen LogP contribution in [0.2, 0.25) is 0 Å². The number of benzene rings is 2. The third kappa shape index (κ3) is 3.71. The highest BCUT2D eigenvalue weighted by atomic mass is 16.4. The number of carbonyl (C=O) groups excluding carboxylic acids is 2. The van der Waals surface area contributed by atoms with Gasteiger partial charge in [-0.05, 0) is 24.3 Å². The van der Waals surface area contributed by atoms with Crippen molar-refractivity contribution in [1.29, 1.82) is 0 Å². The average molecular weight is 349 g/mol. The van der Waals surface area contributed by atoms with Gasteiger partial charge in [-0.3, -0.25) is 4.79 Å². The van der Waals surface area contributed by atoms with E-state index in [1.165, 1.54) is 5.94 Å². The summed E-state index contributed by atoms with van der Waals surface area (Å²) in [7, 11) is 0. The van der Waals surface area contributed by atoms with Crippen LogP contribution in [0.4, 0.5) is 0 Å². The van der Waals surface area contributed by atoms with Crippen molar-refractivity contribution in [2.45, 2.75) is 6.42 Å². The lowest BCUT2D eigenvalue weighted by atomic mass is 10.1. The van der Waals surface area contributed by atoms with Crippen LogP contribution in [0.25, 0.3) is 22.3 Å². The summed E-state index contributed by atoms with van der Waals surface area (Å²) in [6, 6.07) is 16.5. The van der Waals surface area contributed by atoms with Crippen molar-refractivity contribution in [2.24, 2.45) is 0 Å². The molecule has 1 aromatic heterocycles. The van der Waals surface area contributed by atoms with Gasteiger partial charge in [0.1, 0.15) is 22.9 Å². The van der Waals surface area contributed by atoms with E-state index in [9.17, 15) is 14.4 Å². The number of carboxylic acid groups (broad SMARTS) is 1. The topological polar surface area (TPSA) is 96.6 Å². The van der Waals surface area contributed by atoms with Crippen molar-refractivity contribution >= 4 is 28.8 Å². The number of aliphatic carboxylic acids is 1. The van der Waals surface area contributed by atoms with Gasteiger partial charge in [-0.25, -0.2) is 9.59 Å². The molecule has 0 saturated carbocycles. The Hall–Kier alpha value is -3.63. The van der Waals surface area contributed by atoms with Crippen LogP contribution in [0.3, 0.4) is 0 Å². The Kier molecular flexibility index (Phi) is 4.97. The van der Waals surface area contributed by atoms with E-state index < -0.39 is 11.5 Å². The minimum Gasteiger partial charge on any atom is -0.477 e. The van der Waals surface area contributed by atoms with Crippen molar-refractivity contribution in [3.8, 4) is 11.3 Å². The highest BCUT2D eigenvalue weighted by Crippen LogP contribution is 2.27. The first-order valence-corrected chi connectivity index (χ1v) is 7.93. The molecule has 1 heterocycles. The minimum atomic E-state index is -1.33. The summed E-state index contributed by atoms with van der Waals surface area (Å²) in [4.78, 5) is 33.2. The Morgan fingerprint density at radius 1 is 1.08 bits per heavy atom. The van der Waals surface area contributed by atoms with Crippen LogP contribution in [0.5, 0.6) is 0 Å². The molecule has 2 N–H and O–H groups in total. The zero-order valence-electron chi connectivity index (χ0n) is 13.7. The SMILES string of the molecule is O=C=C(CCNC(=O)c1ccc(-c2cc3ccccc3o2)cc1)C(=O)O. The molecule has 130 valence electrons. The van der Waals surface area contributed by atoms with Gasteiger partial charge in [0.2, 0.25) is 0 Å². The number of para-hydroxylation sites is 1. The van der Waals surface area contributed by atoms with Gasteiger partial charge in [0.25, 0.3) is 5.91 Å². The normalized spacial score (nSPS) is 10.3. The van der Waals surface area contributed by atoms with Gasteiger partial charge in [0.05, 0.1) is 0 Å². The number of hydrogen-bond acceptors (Lipinski definition) is 4. The summed E-state index contributed by atoms with van der Waals surface area (Å²) in [5.74, 6) is 0.386. The van der Waals surface area contributed by atoms with E-state index in [1.807, 2.05) is 30.3 Å². The van der Waals surface area contributed by atoms with Crippen molar-refractivity contribution in [3.05, 3.63) is 65.7 Å². The molecule has 3 aromatic rings. The molecule has 0 spiro atoms. The molecule has 0 radical (unpaired) electrons. The van der Waals surface area contributed by atoms with Gasteiger partial charge in [0, 0.05) is 29.5 Å². The van der Waals surface area contributed by atoms with E-state index in [-0.39, 0.29) is 18.9 Å². The number of carbonyl (C=O) groups is 2. The summed E-state index contributed by atoms with van der Waals surface area (Å²) >= 11 is 0. The van der Waals surface area contributed by atoms with Crippen LogP contribution >= 0.6 is 0 Å². The van der Waals surface area contributed by atoms with Gasteiger partial charge in [-0.2, -0.15) is 0 Å². The van der Waals surface area contributed by atoms with E-state index in [1.54, 1.807) is 24.3 Å². The van der Waals surface area contributed by atoms with Gasteiger partial charge in [-0.1, -0.05) is 30.3 Å². The fourth-order valence-electron chi connectivity index (χ4n) is 2.51. The van der Waals surface area contributed by atoms with Gasteiger partial charge in [-0.15, -0.1) is 0 Å². The van der Waals surface area contributed by atoms with E-state index in [4.69, 9.17) is 9.52 Å². The molecule has 0 unspecified atom stereocenters. The Morgan fingerprint density at radius 2 is 1.81 bits per heavy atom. The second-order valence-electron chi connectivity index (χ2n) is 5.62. The number of furan rings is 1. The van der Waals surface area contributed by atoms with Crippen LogP contribution < -0.4 is 5.32 Å². The van der Waals surface area contributed by atoms with Crippen molar-refractivity contribution in [2.75, 3.05) is 6.54 Å². The summed E-state index contributed by atoms with van der Waals surface area (Å²) < 4.78 is 5.78. The molecule has 0 bridgehead atoms. The molecule has 3 rings (SSSR count).